The lowest BCUT2D eigenvalue weighted by atomic mass is 10.1. The number of aromatic nitrogens is 1. The van der Waals surface area contributed by atoms with Gasteiger partial charge in [-0.1, -0.05) is 18.2 Å². The second-order valence-electron chi connectivity index (χ2n) is 5.48. The number of benzene rings is 2. The minimum atomic E-state index is 0.876. The van der Waals surface area contributed by atoms with Gasteiger partial charge in [-0.15, -0.1) is 0 Å². The highest BCUT2D eigenvalue weighted by Gasteiger charge is 2.09. The number of rotatable bonds is 4. The summed E-state index contributed by atoms with van der Waals surface area (Å²) in [4.78, 5) is 0. The van der Waals surface area contributed by atoms with Crippen LogP contribution in [0.2, 0.25) is 0 Å². The van der Waals surface area contributed by atoms with Crippen LogP contribution in [0.4, 0.5) is 5.69 Å². The average molecular weight is 306 g/mol. The van der Waals surface area contributed by atoms with Gasteiger partial charge in [0, 0.05) is 40.6 Å². The van der Waals surface area contributed by atoms with Crippen molar-refractivity contribution < 1.29 is 0 Å². The topological polar surface area (TPSA) is 17.0 Å². The summed E-state index contributed by atoms with van der Waals surface area (Å²) >= 11 is 1.74. The summed E-state index contributed by atoms with van der Waals surface area (Å²) in [7, 11) is 0. The van der Waals surface area contributed by atoms with Crippen molar-refractivity contribution in [1.29, 1.82) is 0 Å². The molecular weight excluding hydrogens is 288 g/mol. The van der Waals surface area contributed by atoms with Crippen molar-refractivity contribution in [3.05, 3.63) is 64.9 Å². The Kier molecular flexibility index (Phi) is 3.35. The number of aryl methyl sites for hydroxylation is 1. The first-order chi connectivity index (χ1) is 10.9. The van der Waals surface area contributed by atoms with Crippen LogP contribution in [0.25, 0.3) is 21.8 Å². The molecular formula is C19H18N2S. The van der Waals surface area contributed by atoms with Gasteiger partial charge in [-0.25, -0.2) is 0 Å². The molecule has 0 spiro atoms. The minimum absolute atomic E-state index is 0.876. The normalized spacial score (nSPS) is 11.3. The molecule has 2 aromatic carbocycles. The van der Waals surface area contributed by atoms with E-state index in [9.17, 15) is 0 Å². The molecule has 4 aromatic rings. The molecule has 0 aliphatic heterocycles. The van der Waals surface area contributed by atoms with E-state index in [-0.39, 0.29) is 0 Å². The monoisotopic (exact) mass is 306 g/mol. The highest BCUT2D eigenvalue weighted by atomic mass is 32.1. The van der Waals surface area contributed by atoms with Gasteiger partial charge in [0.1, 0.15) is 0 Å². The first kappa shape index (κ1) is 13.4. The lowest BCUT2D eigenvalue weighted by Gasteiger charge is -2.06. The Bertz CT molecular complexity index is 919. The molecule has 2 nitrogen and oxygen atoms in total. The molecule has 22 heavy (non-hydrogen) atoms. The van der Waals surface area contributed by atoms with Crippen LogP contribution in [0, 0.1) is 0 Å². The van der Waals surface area contributed by atoms with E-state index < -0.39 is 0 Å². The molecule has 2 aromatic heterocycles. The third-order valence-corrected chi connectivity index (χ3v) is 4.90. The lowest BCUT2D eigenvalue weighted by molar-refractivity contribution is 0.827. The van der Waals surface area contributed by atoms with Gasteiger partial charge in [0.15, 0.2) is 0 Å². The minimum Gasteiger partial charge on any atom is -0.381 e. The van der Waals surface area contributed by atoms with E-state index in [2.05, 4.69) is 76.1 Å². The Hall–Kier alpha value is -2.26. The highest BCUT2D eigenvalue weighted by molar-refractivity contribution is 7.07. The van der Waals surface area contributed by atoms with Gasteiger partial charge in [0.2, 0.25) is 0 Å². The number of fused-ring (bicyclic) bond motifs is 3. The van der Waals surface area contributed by atoms with Crippen LogP contribution in [0.15, 0.2) is 59.3 Å². The smallest absolute Gasteiger partial charge is 0.0492 e. The van der Waals surface area contributed by atoms with Crippen LogP contribution < -0.4 is 5.32 Å². The zero-order valence-electron chi connectivity index (χ0n) is 12.5. The second-order valence-corrected chi connectivity index (χ2v) is 6.26. The molecule has 2 heterocycles. The van der Waals surface area contributed by atoms with Crippen molar-refractivity contribution >= 4 is 38.8 Å². The summed E-state index contributed by atoms with van der Waals surface area (Å²) < 4.78 is 2.38. The highest BCUT2D eigenvalue weighted by Crippen LogP contribution is 2.31. The van der Waals surface area contributed by atoms with Crippen LogP contribution in [-0.2, 0) is 13.1 Å². The summed E-state index contributed by atoms with van der Waals surface area (Å²) in [5.74, 6) is 0. The molecule has 0 saturated heterocycles. The van der Waals surface area contributed by atoms with Crippen molar-refractivity contribution in [2.24, 2.45) is 0 Å². The SMILES string of the molecule is CCn1c2ccccc2c2cc(NCc3ccsc3)ccc21. The molecule has 1 N–H and O–H groups in total. The van der Waals surface area contributed by atoms with Gasteiger partial charge < -0.3 is 9.88 Å². The van der Waals surface area contributed by atoms with E-state index in [1.165, 1.54) is 33.1 Å². The van der Waals surface area contributed by atoms with Crippen molar-refractivity contribution in [3.8, 4) is 0 Å². The molecule has 0 fully saturated rings. The Morgan fingerprint density at radius 2 is 1.86 bits per heavy atom. The van der Waals surface area contributed by atoms with Gasteiger partial charge >= 0.3 is 0 Å². The predicted molar refractivity (Wildman–Crippen MR) is 96.8 cm³/mol. The molecule has 110 valence electrons. The second kappa shape index (κ2) is 5.50. The first-order valence-corrected chi connectivity index (χ1v) is 8.57. The third-order valence-electron chi connectivity index (χ3n) is 4.17. The summed E-state index contributed by atoms with van der Waals surface area (Å²) in [5.41, 5.74) is 5.14. The van der Waals surface area contributed by atoms with Gasteiger partial charge in [0.05, 0.1) is 0 Å². The average Bonchev–Trinajstić information content (AvgIpc) is 3.18. The van der Waals surface area contributed by atoms with E-state index in [4.69, 9.17) is 0 Å². The Morgan fingerprint density at radius 3 is 2.68 bits per heavy atom. The van der Waals surface area contributed by atoms with Crippen LogP contribution >= 0.6 is 11.3 Å². The zero-order valence-corrected chi connectivity index (χ0v) is 13.4. The molecule has 0 radical (unpaired) electrons. The molecule has 3 heteroatoms. The third kappa shape index (κ3) is 2.18. The molecule has 0 amide bonds. The zero-order chi connectivity index (χ0) is 14.9. The first-order valence-electron chi connectivity index (χ1n) is 7.63. The largest absolute Gasteiger partial charge is 0.381 e. The van der Waals surface area contributed by atoms with E-state index in [1.807, 2.05) is 0 Å². The van der Waals surface area contributed by atoms with E-state index >= 15 is 0 Å². The summed E-state index contributed by atoms with van der Waals surface area (Å²) in [6.45, 7) is 4.07. The van der Waals surface area contributed by atoms with Crippen LogP contribution in [0.5, 0.6) is 0 Å². The van der Waals surface area contributed by atoms with Crippen molar-refractivity contribution in [2.75, 3.05) is 5.32 Å². The standard InChI is InChI=1S/C19H18N2S/c1-2-21-18-6-4-3-5-16(18)17-11-15(7-8-19(17)21)20-12-14-9-10-22-13-14/h3-11,13,20H,2,12H2,1H3. The van der Waals surface area contributed by atoms with E-state index in [0.29, 0.717) is 0 Å². The fourth-order valence-electron chi connectivity index (χ4n) is 3.10. The molecule has 4 rings (SSSR count). The maximum absolute atomic E-state index is 3.53. The van der Waals surface area contributed by atoms with E-state index in [0.717, 1.165) is 13.1 Å². The number of para-hydroxylation sites is 1. The van der Waals surface area contributed by atoms with Crippen molar-refractivity contribution in [2.45, 2.75) is 20.0 Å². The Labute approximate surface area is 134 Å². The van der Waals surface area contributed by atoms with Gasteiger partial charge in [0.25, 0.3) is 0 Å². The van der Waals surface area contributed by atoms with Crippen molar-refractivity contribution in [1.82, 2.24) is 4.57 Å². The number of anilines is 1. The maximum atomic E-state index is 3.53. The Balaban J connectivity index is 1.78. The van der Waals surface area contributed by atoms with Crippen molar-refractivity contribution in [3.63, 3.8) is 0 Å². The number of hydrogen-bond donors (Lipinski definition) is 1. The van der Waals surface area contributed by atoms with Crippen LogP contribution in [-0.4, -0.2) is 4.57 Å². The molecule has 0 aliphatic rings. The molecule has 0 saturated carbocycles. The molecule has 0 aliphatic carbocycles. The fourth-order valence-corrected chi connectivity index (χ4v) is 3.77. The fraction of sp³-hybridized carbons (Fsp3) is 0.158. The lowest BCUT2D eigenvalue weighted by Crippen LogP contribution is -1.98. The van der Waals surface area contributed by atoms with Gasteiger partial charge in [-0.2, -0.15) is 11.3 Å². The molecule has 0 atom stereocenters. The number of nitrogens with one attached hydrogen (secondary N) is 1. The van der Waals surface area contributed by atoms with Gasteiger partial charge in [-0.3, -0.25) is 0 Å². The van der Waals surface area contributed by atoms with Crippen LogP contribution in [0.1, 0.15) is 12.5 Å². The number of hydrogen-bond acceptors (Lipinski definition) is 2. The van der Waals surface area contributed by atoms with Crippen LogP contribution in [0.3, 0.4) is 0 Å². The number of thiophene rings is 1. The number of nitrogens with zero attached hydrogens (tertiary/aromatic N) is 1. The molecule has 0 bridgehead atoms. The molecule has 0 unspecified atom stereocenters. The Morgan fingerprint density at radius 1 is 1.00 bits per heavy atom. The summed E-state index contributed by atoms with van der Waals surface area (Å²) in [6.07, 6.45) is 0. The predicted octanol–water partition coefficient (Wildman–Crippen LogP) is 5.49. The summed E-state index contributed by atoms with van der Waals surface area (Å²) in [5, 5.41) is 10.5. The quantitative estimate of drug-likeness (QED) is 0.527. The van der Waals surface area contributed by atoms with E-state index in [1.54, 1.807) is 11.3 Å². The summed E-state index contributed by atoms with van der Waals surface area (Å²) in [6, 6.07) is 17.5. The maximum Gasteiger partial charge on any atom is 0.0492 e. The van der Waals surface area contributed by atoms with Gasteiger partial charge in [-0.05, 0) is 53.6 Å².